The molecule has 0 aliphatic heterocycles. The van der Waals surface area contributed by atoms with Crippen LogP contribution in [0, 0.1) is 22.7 Å². The maximum absolute atomic E-state index is 5.68. The third-order valence-corrected chi connectivity index (χ3v) is 5.59. The first-order chi connectivity index (χ1) is 8.03. The highest BCUT2D eigenvalue weighted by Gasteiger charge is 2.55. The van der Waals surface area contributed by atoms with Gasteiger partial charge in [-0.2, -0.15) is 0 Å². The van der Waals surface area contributed by atoms with Crippen LogP contribution >= 0.6 is 0 Å². The van der Waals surface area contributed by atoms with E-state index >= 15 is 0 Å². The molecule has 17 heavy (non-hydrogen) atoms. The number of rotatable bonds is 4. The van der Waals surface area contributed by atoms with E-state index in [2.05, 4.69) is 18.9 Å². The van der Waals surface area contributed by atoms with E-state index in [1.165, 1.54) is 45.1 Å². The second-order valence-electron chi connectivity index (χ2n) is 7.80. The summed E-state index contributed by atoms with van der Waals surface area (Å²) in [5, 5.41) is 0. The summed E-state index contributed by atoms with van der Waals surface area (Å²) in [5.41, 5.74) is 7.02. The summed E-state index contributed by atoms with van der Waals surface area (Å²) in [6.07, 6.45) is 9.08. The molecule has 4 fully saturated rings. The van der Waals surface area contributed by atoms with E-state index in [9.17, 15) is 0 Å². The van der Waals surface area contributed by atoms with Gasteiger partial charge < -0.3 is 10.6 Å². The Morgan fingerprint density at radius 1 is 1.18 bits per heavy atom. The minimum atomic E-state index is 0.656. The minimum Gasteiger partial charge on any atom is -0.329 e. The van der Waals surface area contributed by atoms with Gasteiger partial charge in [-0.15, -0.1) is 0 Å². The molecule has 4 saturated carbocycles. The summed E-state index contributed by atoms with van der Waals surface area (Å²) in [5.74, 6) is 2.10. The topological polar surface area (TPSA) is 29.3 Å². The third kappa shape index (κ3) is 2.15. The smallest absolute Gasteiger partial charge is 0.0102 e. The van der Waals surface area contributed by atoms with Gasteiger partial charge in [0.1, 0.15) is 0 Å². The molecule has 2 atom stereocenters. The van der Waals surface area contributed by atoms with E-state index in [0.29, 0.717) is 10.8 Å². The summed E-state index contributed by atoms with van der Waals surface area (Å²) in [7, 11) is 2.26. The van der Waals surface area contributed by atoms with E-state index in [1.807, 2.05) is 0 Å². The molecule has 98 valence electrons. The number of hydrogen-bond acceptors (Lipinski definition) is 2. The lowest BCUT2D eigenvalue weighted by atomic mass is 9.44. The van der Waals surface area contributed by atoms with Gasteiger partial charge in [-0.1, -0.05) is 6.92 Å². The van der Waals surface area contributed by atoms with Crippen LogP contribution < -0.4 is 5.73 Å². The van der Waals surface area contributed by atoms with E-state index in [0.717, 1.165) is 24.9 Å². The Labute approximate surface area is 106 Å². The first-order valence-corrected chi connectivity index (χ1v) is 7.41. The van der Waals surface area contributed by atoms with Gasteiger partial charge in [0.25, 0.3) is 0 Å². The molecule has 4 bridgehead atoms. The van der Waals surface area contributed by atoms with Gasteiger partial charge in [0.05, 0.1) is 0 Å². The molecule has 0 aromatic carbocycles. The fourth-order valence-electron chi connectivity index (χ4n) is 5.99. The number of nitrogens with two attached hydrogens (primary N) is 1. The largest absolute Gasteiger partial charge is 0.329 e. The second-order valence-corrected chi connectivity index (χ2v) is 7.80. The summed E-state index contributed by atoms with van der Waals surface area (Å²) < 4.78 is 0. The lowest BCUT2D eigenvalue weighted by Crippen LogP contribution is -2.54. The third-order valence-electron chi connectivity index (χ3n) is 5.59. The van der Waals surface area contributed by atoms with Crippen molar-refractivity contribution in [3.05, 3.63) is 0 Å². The molecule has 2 heteroatoms. The van der Waals surface area contributed by atoms with E-state index in [-0.39, 0.29) is 0 Å². The monoisotopic (exact) mass is 236 g/mol. The Kier molecular flexibility index (Phi) is 2.79. The maximum atomic E-state index is 5.68. The quantitative estimate of drug-likeness (QED) is 0.812. The first kappa shape index (κ1) is 12.0. The molecule has 4 aliphatic carbocycles. The molecular weight excluding hydrogens is 208 g/mol. The molecular formula is C15H28N2. The van der Waals surface area contributed by atoms with Crippen LogP contribution in [0.1, 0.15) is 45.4 Å². The number of likely N-dealkylation sites (N-methyl/N-ethyl adjacent to an activating group) is 1. The van der Waals surface area contributed by atoms with Crippen LogP contribution in [-0.2, 0) is 0 Å². The summed E-state index contributed by atoms with van der Waals surface area (Å²) in [6, 6.07) is 0. The Bertz CT molecular complexity index is 285. The van der Waals surface area contributed by atoms with Crippen LogP contribution in [0.15, 0.2) is 0 Å². The predicted octanol–water partition coefficient (Wildman–Crippen LogP) is 2.48. The fraction of sp³-hybridized carbons (Fsp3) is 1.00. The zero-order chi connectivity index (χ0) is 12.1. The van der Waals surface area contributed by atoms with Crippen molar-refractivity contribution in [2.24, 2.45) is 28.4 Å². The fourth-order valence-corrected chi connectivity index (χ4v) is 5.99. The van der Waals surface area contributed by atoms with Gasteiger partial charge in [0.2, 0.25) is 0 Å². The number of nitrogens with zero attached hydrogens (tertiary/aromatic N) is 1. The van der Waals surface area contributed by atoms with Crippen molar-refractivity contribution < 1.29 is 0 Å². The highest BCUT2D eigenvalue weighted by molar-refractivity contribution is 5.06. The van der Waals surface area contributed by atoms with Crippen molar-refractivity contribution >= 4 is 0 Å². The highest BCUT2D eigenvalue weighted by atomic mass is 15.1. The SMILES string of the molecule is CN(CCN)CC12CC3CC(CC(C)(C3)C1)C2. The van der Waals surface area contributed by atoms with Crippen molar-refractivity contribution in [3.63, 3.8) is 0 Å². The lowest BCUT2D eigenvalue weighted by molar-refractivity contribution is -0.110. The molecule has 4 aliphatic rings. The standard InChI is InChI=1S/C15H28N2/c1-14-6-12-5-13(7-14)9-15(8-12,10-14)11-17(2)4-3-16/h12-13H,3-11,16H2,1-2H3. The van der Waals surface area contributed by atoms with Gasteiger partial charge in [0.15, 0.2) is 0 Å². The van der Waals surface area contributed by atoms with Crippen molar-refractivity contribution in [2.75, 3.05) is 26.7 Å². The first-order valence-electron chi connectivity index (χ1n) is 7.41. The van der Waals surface area contributed by atoms with Crippen molar-refractivity contribution in [3.8, 4) is 0 Å². The van der Waals surface area contributed by atoms with Gasteiger partial charge >= 0.3 is 0 Å². The molecule has 0 heterocycles. The van der Waals surface area contributed by atoms with Crippen molar-refractivity contribution in [1.82, 2.24) is 4.90 Å². The maximum Gasteiger partial charge on any atom is 0.0102 e. The highest BCUT2D eigenvalue weighted by Crippen LogP contribution is 2.65. The van der Waals surface area contributed by atoms with Crippen LogP contribution in [0.2, 0.25) is 0 Å². The van der Waals surface area contributed by atoms with E-state index in [4.69, 9.17) is 5.73 Å². The zero-order valence-electron chi connectivity index (χ0n) is 11.5. The Hall–Kier alpha value is -0.0800. The van der Waals surface area contributed by atoms with Crippen LogP contribution in [-0.4, -0.2) is 31.6 Å². The summed E-state index contributed by atoms with van der Waals surface area (Å²) in [6.45, 7) is 5.72. The second kappa shape index (κ2) is 3.96. The Morgan fingerprint density at radius 2 is 1.82 bits per heavy atom. The van der Waals surface area contributed by atoms with Crippen molar-refractivity contribution in [2.45, 2.75) is 45.4 Å². The number of hydrogen-bond donors (Lipinski definition) is 1. The van der Waals surface area contributed by atoms with E-state index < -0.39 is 0 Å². The van der Waals surface area contributed by atoms with Crippen LogP contribution in [0.3, 0.4) is 0 Å². The molecule has 0 amide bonds. The summed E-state index contributed by atoms with van der Waals surface area (Å²) in [4.78, 5) is 2.48. The predicted molar refractivity (Wildman–Crippen MR) is 71.8 cm³/mol. The average Bonchev–Trinajstić information content (AvgIpc) is 2.11. The van der Waals surface area contributed by atoms with Gasteiger partial charge in [-0.05, 0) is 68.2 Å². The van der Waals surface area contributed by atoms with Gasteiger partial charge in [0, 0.05) is 19.6 Å². The molecule has 2 N–H and O–H groups in total. The molecule has 4 rings (SSSR count). The normalized spacial score (nSPS) is 48.0. The van der Waals surface area contributed by atoms with Gasteiger partial charge in [-0.3, -0.25) is 0 Å². The molecule has 0 aromatic heterocycles. The van der Waals surface area contributed by atoms with Crippen LogP contribution in [0.5, 0.6) is 0 Å². The Balaban J connectivity index is 1.74. The zero-order valence-corrected chi connectivity index (χ0v) is 11.5. The summed E-state index contributed by atoms with van der Waals surface area (Å²) >= 11 is 0. The minimum absolute atomic E-state index is 0.656. The van der Waals surface area contributed by atoms with E-state index in [1.54, 1.807) is 0 Å². The molecule has 0 spiro atoms. The Morgan fingerprint density at radius 3 is 2.35 bits per heavy atom. The molecule has 2 nitrogen and oxygen atoms in total. The molecule has 0 radical (unpaired) electrons. The average molecular weight is 236 g/mol. The lowest BCUT2D eigenvalue weighted by Gasteiger charge is -2.62. The molecule has 2 unspecified atom stereocenters. The van der Waals surface area contributed by atoms with Crippen LogP contribution in [0.25, 0.3) is 0 Å². The molecule has 0 aromatic rings. The van der Waals surface area contributed by atoms with Gasteiger partial charge in [-0.25, -0.2) is 0 Å². The van der Waals surface area contributed by atoms with Crippen molar-refractivity contribution in [1.29, 1.82) is 0 Å². The van der Waals surface area contributed by atoms with Crippen LogP contribution in [0.4, 0.5) is 0 Å². The molecule has 0 saturated heterocycles.